The third-order valence-electron chi connectivity index (χ3n) is 3.18. The van der Waals surface area contributed by atoms with Crippen LogP contribution in [0.4, 0.5) is 5.69 Å². The van der Waals surface area contributed by atoms with Crippen molar-refractivity contribution >= 4 is 22.4 Å². The molecule has 3 aromatic rings. The molecule has 0 radical (unpaired) electrons. The standard InChI is InChI=1S/C17H13NO3/c18-13-6-8-16(15(10-13)17(19)20)21-14-7-5-11-3-1-2-4-12(11)9-14/h1-10H,18H2,(H,19,20). The maximum atomic E-state index is 11.2. The van der Waals surface area contributed by atoms with Gasteiger partial charge in [0.05, 0.1) is 0 Å². The molecule has 0 amide bonds. The van der Waals surface area contributed by atoms with Crippen LogP contribution in [0.1, 0.15) is 10.4 Å². The van der Waals surface area contributed by atoms with Crippen molar-refractivity contribution in [3.05, 3.63) is 66.2 Å². The van der Waals surface area contributed by atoms with Gasteiger partial charge >= 0.3 is 5.97 Å². The number of aromatic carboxylic acids is 1. The zero-order chi connectivity index (χ0) is 14.8. The fourth-order valence-electron chi connectivity index (χ4n) is 2.16. The Labute approximate surface area is 121 Å². The van der Waals surface area contributed by atoms with Crippen LogP contribution in [0.3, 0.4) is 0 Å². The van der Waals surface area contributed by atoms with E-state index in [2.05, 4.69) is 0 Å². The Hall–Kier alpha value is -3.01. The number of hydrogen-bond acceptors (Lipinski definition) is 3. The van der Waals surface area contributed by atoms with Crippen molar-refractivity contribution in [3.63, 3.8) is 0 Å². The zero-order valence-electron chi connectivity index (χ0n) is 11.1. The van der Waals surface area contributed by atoms with Crippen LogP contribution in [-0.4, -0.2) is 11.1 Å². The van der Waals surface area contributed by atoms with E-state index in [0.29, 0.717) is 11.4 Å². The van der Waals surface area contributed by atoms with Gasteiger partial charge in [-0.25, -0.2) is 4.79 Å². The molecule has 0 bridgehead atoms. The fraction of sp³-hybridized carbons (Fsp3) is 0. The summed E-state index contributed by atoms with van der Waals surface area (Å²) in [6.07, 6.45) is 0. The monoisotopic (exact) mass is 279 g/mol. The third kappa shape index (κ3) is 2.65. The van der Waals surface area contributed by atoms with E-state index in [0.717, 1.165) is 10.8 Å². The molecule has 0 aliphatic rings. The first kappa shape index (κ1) is 13.0. The van der Waals surface area contributed by atoms with Crippen LogP contribution in [0.5, 0.6) is 11.5 Å². The Bertz CT molecular complexity index is 827. The van der Waals surface area contributed by atoms with Crippen LogP contribution in [0.15, 0.2) is 60.7 Å². The molecule has 0 atom stereocenters. The number of benzene rings is 3. The number of fused-ring (bicyclic) bond motifs is 1. The van der Waals surface area contributed by atoms with Crippen LogP contribution in [0, 0.1) is 0 Å². The number of carbonyl (C=O) groups is 1. The number of nitrogen functional groups attached to an aromatic ring is 1. The molecule has 0 aromatic heterocycles. The van der Waals surface area contributed by atoms with Crippen molar-refractivity contribution in [1.82, 2.24) is 0 Å². The molecule has 0 saturated carbocycles. The second-order valence-corrected chi connectivity index (χ2v) is 4.67. The molecular weight excluding hydrogens is 266 g/mol. The molecular formula is C17H13NO3. The lowest BCUT2D eigenvalue weighted by Gasteiger charge is -2.10. The van der Waals surface area contributed by atoms with Gasteiger partial charge in [-0.15, -0.1) is 0 Å². The van der Waals surface area contributed by atoms with Crippen molar-refractivity contribution in [2.45, 2.75) is 0 Å². The lowest BCUT2D eigenvalue weighted by atomic mass is 10.1. The summed E-state index contributed by atoms with van der Waals surface area (Å²) >= 11 is 0. The van der Waals surface area contributed by atoms with Gasteiger partial charge in [-0.2, -0.15) is 0 Å². The van der Waals surface area contributed by atoms with Crippen LogP contribution >= 0.6 is 0 Å². The molecule has 3 N–H and O–H groups in total. The van der Waals surface area contributed by atoms with Gasteiger partial charge in [0.15, 0.2) is 0 Å². The second kappa shape index (κ2) is 5.17. The average Bonchev–Trinajstić information content (AvgIpc) is 2.49. The van der Waals surface area contributed by atoms with Crippen molar-refractivity contribution in [1.29, 1.82) is 0 Å². The normalized spacial score (nSPS) is 10.5. The summed E-state index contributed by atoms with van der Waals surface area (Å²) < 4.78 is 5.70. The summed E-state index contributed by atoms with van der Waals surface area (Å²) in [6.45, 7) is 0. The molecule has 4 heteroatoms. The molecule has 0 aliphatic heterocycles. The summed E-state index contributed by atoms with van der Waals surface area (Å²) in [4.78, 5) is 11.2. The maximum absolute atomic E-state index is 11.2. The summed E-state index contributed by atoms with van der Waals surface area (Å²) in [5, 5.41) is 11.3. The molecule has 0 spiro atoms. The highest BCUT2D eigenvalue weighted by molar-refractivity contribution is 5.92. The molecule has 0 unspecified atom stereocenters. The Morgan fingerprint density at radius 1 is 0.952 bits per heavy atom. The Kier molecular flexibility index (Phi) is 3.20. The van der Waals surface area contributed by atoms with Gasteiger partial charge in [0.2, 0.25) is 0 Å². The number of rotatable bonds is 3. The van der Waals surface area contributed by atoms with E-state index in [4.69, 9.17) is 10.5 Å². The minimum absolute atomic E-state index is 0.0446. The van der Waals surface area contributed by atoms with Gasteiger partial charge in [-0.05, 0) is 41.1 Å². The molecule has 4 nitrogen and oxygen atoms in total. The zero-order valence-corrected chi connectivity index (χ0v) is 11.1. The fourth-order valence-corrected chi connectivity index (χ4v) is 2.16. The second-order valence-electron chi connectivity index (χ2n) is 4.67. The quantitative estimate of drug-likeness (QED) is 0.713. The van der Waals surface area contributed by atoms with Crippen LogP contribution in [0.25, 0.3) is 10.8 Å². The smallest absolute Gasteiger partial charge is 0.339 e. The van der Waals surface area contributed by atoms with Gasteiger partial charge in [0.25, 0.3) is 0 Å². The molecule has 0 aliphatic carbocycles. The maximum Gasteiger partial charge on any atom is 0.339 e. The minimum atomic E-state index is -1.07. The summed E-state index contributed by atoms with van der Waals surface area (Å²) in [6, 6.07) is 18.1. The van der Waals surface area contributed by atoms with E-state index in [1.165, 1.54) is 6.07 Å². The van der Waals surface area contributed by atoms with Crippen LogP contribution in [0.2, 0.25) is 0 Å². The largest absolute Gasteiger partial charge is 0.478 e. The highest BCUT2D eigenvalue weighted by Crippen LogP contribution is 2.29. The van der Waals surface area contributed by atoms with Crippen molar-refractivity contribution in [3.8, 4) is 11.5 Å². The highest BCUT2D eigenvalue weighted by Gasteiger charge is 2.12. The van der Waals surface area contributed by atoms with Gasteiger partial charge in [-0.3, -0.25) is 0 Å². The predicted molar refractivity (Wildman–Crippen MR) is 81.8 cm³/mol. The van der Waals surface area contributed by atoms with Crippen molar-refractivity contribution in [2.75, 3.05) is 5.73 Å². The minimum Gasteiger partial charge on any atom is -0.478 e. The van der Waals surface area contributed by atoms with Gasteiger partial charge in [-0.1, -0.05) is 30.3 Å². The van der Waals surface area contributed by atoms with Crippen molar-refractivity contribution in [2.24, 2.45) is 0 Å². The lowest BCUT2D eigenvalue weighted by Crippen LogP contribution is -2.01. The predicted octanol–water partition coefficient (Wildman–Crippen LogP) is 3.91. The van der Waals surface area contributed by atoms with E-state index in [-0.39, 0.29) is 11.3 Å². The number of hydrogen-bond donors (Lipinski definition) is 2. The van der Waals surface area contributed by atoms with Crippen molar-refractivity contribution < 1.29 is 14.6 Å². The summed E-state index contributed by atoms with van der Waals surface area (Å²) in [5.74, 6) is -0.217. The van der Waals surface area contributed by atoms with E-state index in [1.54, 1.807) is 12.1 Å². The number of nitrogens with two attached hydrogens (primary N) is 1. The molecule has 0 fully saturated rings. The molecule has 3 aromatic carbocycles. The van der Waals surface area contributed by atoms with Gasteiger partial charge in [0.1, 0.15) is 17.1 Å². The number of carboxylic acid groups (broad SMARTS) is 1. The Balaban J connectivity index is 2.00. The first-order valence-corrected chi connectivity index (χ1v) is 6.43. The molecule has 0 saturated heterocycles. The third-order valence-corrected chi connectivity index (χ3v) is 3.18. The van der Waals surface area contributed by atoms with E-state index >= 15 is 0 Å². The van der Waals surface area contributed by atoms with Crippen LogP contribution in [-0.2, 0) is 0 Å². The van der Waals surface area contributed by atoms with Crippen LogP contribution < -0.4 is 10.5 Å². The Morgan fingerprint density at radius 3 is 2.48 bits per heavy atom. The van der Waals surface area contributed by atoms with E-state index in [1.807, 2.05) is 42.5 Å². The topological polar surface area (TPSA) is 72.5 Å². The van der Waals surface area contributed by atoms with E-state index < -0.39 is 5.97 Å². The van der Waals surface area contributed by atoms with Gasteiger partial charge < -0.3 is 15.6 Å². The SMILES string of the molecule is Nc1ccc(Oc2ccc3ccccc3c2)c(C(=O)O)c1. The first-order valence-electron chi connectivity index (χ1n) is 6.43. The molecule has 21 heavy (non-hydrogen) atoms. The number of carboxylic acids is 1. The molecule has 104 valence electrons. The highest BCUT2D eigenvalue weighted by atomic mass is 16.5. The Morgan fingerprint density at radius 2 is 1.71 bits per heavy atom. The van der Waals surface area contributed by atoms with E-state index in [9.17, 15) is 9.90 Å². The first-order chi connectivity index (χ1) is 10.1. The lowest BCUT2D eigenvalue weighted by molar-refractivity contribution is 0.0694. The molecule has 0 heterocycles. The average molecular weight is 279 g/mol. The number of anilines is 1. The number of ether oxygens (including phenoxy) is 1. The molecule has 3 rings (SSSR count). The van der Waals surface area contributed by atoms with Gasteiger partial charge in [0, 0.05) is 5.69 Å². The summed E-state index contributed by atoms with van der Waals surface area (Å²) in [7, 11) is 0. The summed E-state index contributed by atoms with van der Waals surface area (Å²) in [5.41, 5.74) is 6.05.